The number of halogens is 1. The van der Waals surface area contributed by atoms with Crippen LogP contribution in [0.5, 0.6) is 0 Å². The van der Waals surface area contributed by atoms with Crippen LogP contribution < -0.4 is 18.6 Å². The summed E-state index contributed by atoms with van der Waals surface area (Å²) in [5, 5.41) is 0. The van der Waals surface area contributed by atoms with Crippen LogP contribution in [0.1, 0.15) is 60.3 Å². The Labute approximate surface area is 161 Å². The maximum absolute atomic E-state index is 8.49. The third kappa shape index (κ3) is 6.13. The normalized spacial score (nSPS) is 18.0. The molecule has 0 amide bonds. The number of allylic oxidation sites excluding steroid dienone is 1. The molecule has 1 aromatic carbocycles. The van der Waals surface area contributed by atoms with Gasteiger partial charge in [-0.15, -0.1) is 10.2 Å². The smallest absolute Gasteiger partial charge is 0.222 e. The van der Waals surface area contributed by atoms with Crippen molar-refractivity contribution in [1.82, 2.24) is 0 Å². The average Bonchev–Trinajstić information content (AvgIpc) is 2.85. The van der Waals surface area contributed by atoms with E-state index in [1.54, 1.807) is 0 Å². The summed E-state index contributed by atoms with van der Waals surface area (Å²) in [6.07, 6.45) is 12.1. The number of rotatable bonds is 1. The lowest BCUT2D eigenvalue weighted by atomic mass is 9.89. The maximum atomic E-state index is 8.49. The van der Waals surface area contributed by atoms with E-state index < -0.39 is 10.2 Å². The van der Waals surface area contributed by atoms with E-state index in [9.17, 15) is 0 Å². The van der Waals surface area contributed by atoms with Crippen molar-refractivity contribution in [2.75, 3.05) is 0 Å². The molecule has 4 rings (SSSR count). The van der Waals surface area contributed by atoms with E-state index in [0.29, 0.717) is 0 Å². The predicted molar refractivity (Wildman–Crippen MR) is 91.6 cm³/mol. The molecule has 0 aliphatic heterocycles. The molecule has 1 aromatic heterocycles. The van der Waals surface area contributed by atoms with Crippen molar-refractivity contribution >= 4 is 11.6 Å². The second-order valence-corrected chi connectivity index (χ2v) is 7.68. The summed E-state index contributed by atoms with van der Waals surface area (Å²) in [7, 11) is -4.94. The molecule has 2 aliphatic carbocycles. The average molecular weight is 391 g/mol. The first-order chi connectivity index (χ1) is 12.9. The van der Waals surface area contributed by atoms with E-state index in [-0.39, 0.29) is 0 Å². The molecule has 0 spiro atoms. The summed E-state index contributed by atoms with van der Waals surface area (Å²) in [6, 6.07) is 13.1. The van der Waals surface area contributed by atoms with Crippen LogP contribution in [-0.4, -0.2) is 0 Å². The van der Waals surface area contributed by atoms with E-state index in [1.165, 1.54) is 60.1 Å². The van der Waals surface area contributed by atoms with Gasteiger partial charge in [0.05, 0.1) is 23.1 Å². The molecule has 6 heteroatoms. The zero-order valence-electron chi connectivity index (χ0n) is 15.1. The molecule has 0 bridgehead atoms. The molecule has 0 atom stereocenters. The van der Waals surface area contributed by atoms with Crippen molar-refractivity contribution in [2.24, 2.45) is 0 Å². The third-order valence-electron chi connectivity index (χ3n) is 4.90. The Bertz CT molecular complexity index is 790. The van der Waals surface area contributed by atoms with E-state index in [4.69, 9.17) is 23.1 Å². The van der Waals surface area contributed by atoms with Crippen molar-refractivity contribution in [2.45, 2.75) is 51.4 Å². The highest BCUT2D eigenvalue weighted by molar-refractivity contribution is 5.81. The van der Waals surface area contributed by atoms with Crippen molar-refractivity contribution in [3.63, 3.8) is 0 Å². The van der Waals surface area contributed by atoms with Gasteiger partial charge in [0, 0.05) is 0 Å². The van der Waals surface area contributed by atoms with Crippen LogP contribution in [0.3, 0.4) is 0 Å². The van der Waals surface area contributed by atoms with Crippen molar-refractivity contribution in [3.05, 3.63) is 64.6 Å². The number of fused-ring (bicyclic) bond motifs is 2. The molecule has 0 N–H and O–H groups in total. The molecule has 0 radical (unpaired) electrons. The van der Waals surface area contributed by atoms with Crippen LogP contribution in [0.4, 0.5) is 0 Å². The molecular formula is C21H23ClO5. The van der Waals surface area contributed by atoms with Gasteiger partial charge in [0.2, 0.25) is 0 Å². The third-order valence-corrected chi connectivity index (χ3v) is 4.90. The fraction of sp³-hybridized carbons (Fsp3) is 0.381. The highest BCUT2D eigenvalue weighted by atomic mass is 35.7. The second-order valence-electron chi connectivity index (χ2n) is 6.92. The summed E-state index contributed by atoms with van der Waals surface area (Å²) < 4.78 is 40.4. The van der Waals surface area contributed by atoms with Crippen LogP contribution in [0.25, 0.3) is 11.6 Å². The van der Waals surface area contributed by atoms with Gasteiger partial charge in [0.1, 0.15) is 0 Å². The molecule has 0 saturated heterocycles. The number of hydrogen-bond acceptors (Lipinski definition) is 4. The molecular weight excluding hydrogens is 368 g/mol. The Kier molecular flexibility index (Phi) is 6.63. The molecule has 1 heterocycles. The van der Waals surface area contributed by atoms with Gasteiger partial charge in [-0.2, -0.15) is 0 Å². The molecule has 0 unspecified atom stereocenters. The lowest BCUT2D eigenvalue weighted by Crippen LogP contribution is -2.68. The van der Waals surface area contributed by atoms with Crippen LogP contribution >= 0.6 is 0 Å². The highest BCUT2D eigenvalue weighted by Gasteiger charge is 2.30. The van der Waals surface area contributed by atoms with E-state index in [1.807, 2.05) is 0 Å². The van der Waals surface area contributed by atoms with Crippen molar-refractivity contribution < 1.29 is 33.3 Å². The quantitative estimate of drug-likeness (QED) is 0.532. The summed E-state index contributed by atoms with van der Waals surface area (Å²) in [4.78, 5) is 0. The number of hydrogen-bond donors (Lipinski definition) is 0. The van der Waals surface area contributed by atoms with Crippen molar-refractivity contribution in [3.8, 4) is 0 Å². The maximum Gasteiger partial charge on any atom is 0.359 e. The first-order valence-corrected chi connectivity index (χ1v) is 10.5. The van der Waals surface area contributed by atoms with Crippen LogP contribution in [0.15, 0.2) is 40.8 Å². The topological polar surface area (TPSA) is 104 Å². The van der Waals surface area contributed by atoms with Crippen LogP contribution in [0, 0.1) is 10.2 Å². The molecule has 144 valence electrons. The number of benzene rings is 1. The van der Waals surface area contributed by atoms with Gasteiger partial charge in [-0.05, 0) is 56.2 Å². The molecule has 2 aromatic rings. The SMILES string of the molecule is C(=C1/CCCc2cc3c([o+]c21)CCCCC3)/c1ccccc1.[O-][Cl+3]([O-])([O-])[O-]. The minimum atomic E-state index is -4.94. The van der Waals surface area contributed by atoms with E-state index in [2.05, 4.69) is 42.5 Å². The summed E-state index contributed by atoms with van der Waals surface area (Å²) in [6.45, 7) is 0. The van der Waals surface area contributed by atoms with E-state index in [0.717, 1.165) is 25.0 Å². The molecule has 0 saturated carbocycles. The van der Waals surface area contributed by atoms with Gasteiger partial charge in [0.25, 0.3) is 0 Å². The molecule has 27 heavy (non-hydrogen) atoms. The second kappa shape index (κ2) is 8.95. The molecule has 0 fully saturated rings. The minimum Gasteiger partial charge on any atom is -0.222 e. The highest BCUT2D eigenvalue weighted by Crippen LogP contribution is 2.35. The standard InChI is InChI=1S/C21H23O.ClHO4/c1-3-8-16(9-4-1)14-18-11-7-12-19-15-17-10-5-2-6-13-20(17)22-21(18)19;2-1(3,4)5/h1,3-4,8-9,14-15H,2,5-7,10-13H2;(H,2,3,4,5)/q+1;/p-1/b18-14+;. The lowest BCUT2D eigenvalue weighted by molar-refractivity contribution is -2.00. The monoisotopic (exact) mass is 390 g/mol. The first-order valence-electron chi connectivity index (χ1n) is 9.26. The molecule has 2 aliphatic rings. The van der Waals surface area contributed by atoms with Gasteiger partial charge in [-0.25, -0.2) is 23.1 Å². The largest absolute Gasteiger partial charge is 0.359 e. The van der Waals surface area contributed by atoms with Gasteiger partial charge in [-0.3, -0.25) is 0 Å². The van der Waals surface area contributed by atoms with Gasteiger partial charge in [-0.1, -0.05) is 36.8 Å². The Morgan fingerprint density at radius 2 is 1.44 bits per heavy atom. The fourth-order valence-electron chi connectivity index (χ4n) is 3.74. The Balaban J connectivity index is 0.000000376. The first kappa shape index (κ1) is 20.0. The van der Waals surface area contributed by atoms with Crippen LogP contribution in [0.2, 0.25) is 0 Å². The van der Waals surface area contributed by atoms with Crippen LogP contribution in [-0.2, 0) is 19.3 Å². The summed E-state index contributed by atoms with van der Waals surface area (Å²) >= 11 is 0. The Morgan fingerprint density at radius 1 is 0.778 bits per heavy atom. The van der Waals surface area contributed by atoms with Gasteiger partial charge >= 0.3 is 11.5 Å². The summed E-state index contributed by atoms with van der Waals surface area (Å²) in [5.74, 6) is 2.41. The fourth-order valence-corrected chi connectivity index (χ4v) is 3.74. The minimum absolute atomic E-state index is 1.11. The van der Waals surface area contributed by atoms with E-state index >= 15 is 0 Å². The Morgan fingerprint density at radius 3 is 2.19 bits per heavy atom. The lowest BCUT2D eigenvalue weighted by Gasteiger charge is -2.17. The number of aryl methyl sites for hydroxylation is 3. The molecule has 5 nitrogen and oxygen atoms in total. The van der Waals surface area contributed by atoms with Gasteiger partial charge in [0.15, 0.2) is 0 Å². The summed E-state index contributed by atoms with van der Waals surface area (Å²) in [5.41, 5.74) is 5.54. The predicted octanol–water partition coefficient (Wildman–Crippen LogP) is 0.951. The van der Waals surface area contributed by atoms with Gasteiger partial charge < -0.3 is 0 Å². The zero-order chi connectivity index (χ0) is 19.3. The zero-order valence-corrected chi connectivity index (χ0v) is 15.9. The Hall–Kier alpha value is -1.76. The van der Waals surface area contributed by atoms with Crippen molar-refractivity contribution in [1.29, 1.82) is 0 Å².